The largest absolute Gasteiger partial charge is 0.0651 e. The van der Waals surface area contributed by atoms with E-state index < -0.39 is 0 Å². The van der Waals surface area contributed by atoms with Crippen LogP contribution in [0.1, 0.15) is 78.1 Å². The van der Waals surface area contributed by atoms with Crippen molar-refractivity contribution >= 4 is 0 Å². The molecule has 2 aliphatic carbocycles. The van der Waals surface area contributed by atoms with Gasteiger partial charge in [-0.2, -0.15) is 0 Å². The van der Waals surface area contributed by atoms with Gasteiger partial charge in [-0.3, -0.25) is 0 Å². The first kappa shape index (κ1) is 15.6. The Morgan fingerprint density at radius 2 is 0.933 bits per heavy atom. The van der Waals surface area contributed by atoms with Gasteiger partial charge in [-0.1, -0.05) is 78.1 Å². The first-order valence-corrected chi connectivity index (χ1v) is 6.86. The molecule has 2 saturated carbocycles. The van der Waals surface area contributed by atoms with Crippen molar-refractivity contribution in [3.8, 4) is 0 Å². The third kappa shape index (κ3) is 6.72. The van der Waals surface area contributed by atoms with E-state index in [1.165, 1.54) is 64.2 Å². The molecule has 0 bridgehead atoms. The molecule has 2 aliphatic rings. The van der Waals surface area contributed by atoms with Gasteiger partial charge in [0.05, 0.1) is 0 Å². The van der Waals surface area contributed by atoms with Crippen LogP contribution in [0.25, 0.3) is 0 Å². The van der Waals surface area contributed by atoms with Crippen molar-refractivity contribution in [1.82, 2.24) is 0 Å². The summed E-state index contributed by atoms with van der Waals surface area (Å²) in [6.45, 7) is 4.60. The molecule has 15 heavy (non-hydrogen) atoms. The molecule has 0 aromatic rings. The van der Waals surface area contributed by atoms with Crippen LogP contribution in [-0.4, -0.2) is 0 Å². The zero-order chi connectivity index (χ0) is 10.2. The summed E-state index contributed by atoms with van der Waals surface area (Å²) in [7, 11) is 0. The smallest absolute Gasteiger partial charge is 0 e. The van der Waals surface area contributed by atoms with Crippen LogP contribution in [0.4, 0.5) is 0 Å². The van der Waals surface area contributed by atoms with Crippen LogP contribution in [0.3, 0.4) is 0 Å². The van der Waals surface area contributed by atoms with Gasteiger partial charge in [0.2, 0.25) is 0 Å². The molecule has 0 amide bonds. The molecule has 0 saturated heterocycles. The summed E-state index contributed by atoms with van der Waals surface area (Å²) in [6.07, 6.45) is 14.9. The minimum absolute atomic E-state index is 0. The summed E-state index contributed by atoms with van der Waals surface area (Å²) in [6, 6.07) is 0. The second-order valence-electron chi connectivity index (χ2n) is 5.12. The summed E-state index contributed by atoms with van der Waals surface area (Å²) >= 11 is 0. The van der Waals surface area contributed by atoms with E-state index >= 15 is 0 Å². The average molecular weight is 297 g/mol. The predicted octanol–water partition coefficient (Wildman–Crippen LogP) is 5.17. The molecule has 0 nitrogen and oxygen atoms in total. The van der Waals surface area contributed by atoms with Crippen molar-refractivity contribution in [2.75, 3.05) is 0 Å². The van der Waals surface area contributed by atoms with Crippen LogP contribution in [0.2, 0.25) is 0 Å². The molecule has 0 radical (unpaired) electrons. The van der Waals surface area contributed by atoms with E-state index in [4.69, 9.17) is 0 Å². The van der Waals surface area contributed by atoms with Crippen molar-refractivity contribution in [1.29, 1.82) is 0 Å². The number of rotatable bonds is 2. The molecule has 0 spiro atoms. The van der Waals surface area contributed by atoms with Gasteiger partial charge in [-0.25, -0.2) is 0 Å². The quantitative estimate of drug-likeness (QED) is 0.617. The Hall–Kier alpha value is 0.623. The van der Waals surface area contributed by atoms with E-state index in [1.807, 2.05) is 0 Å². The molecule has 0 aromatic carbocycles. The van der Waals surface area contributed by atoms with E-state index in [-0.39, 0.29) is 19.5 Å². The average Bonchev–Trinajstić information content (AvgIpc) is 2.92. The molecule has 0 unspecified atom stereocenters. The van der Waals surface area contributed by atoms with Crippen LogP contribution in [-0.2, 0) is 19.5 Å². The fraction of sp³-hybridized carbons (Fsp3) is 1.00. The van der Waals surface area contributed by atoms with E-state index in [0.29, 0.717) is 0 Å². The third-order valence-electron chi connectivity index (χ3n) is 4.10. The fourth-order valence-corrected chi connectivity index (χ4v) is 2.84. The molecule has 0 atom stereocenters. The zero-order valence-corrected chi connectivity index (χ0v) is 12.3. The Kier molecular flexibility index (Phi) is 10.2. The molecule has 0 N–H and O–H groups in total. The summed E-state index contributed by atoms with van der Waals surface area (Å²) in [5.74, 6) is 2.19. The summed E-state index contributed by atoms with van der Waals surface area (Å²) in [5.41, 5.74) is 0. The third-order valence-corrected chi connectivity index (χ3v) is 4.10. The minimum atomic E-state index is 0. The van der Waals surface area contributed by atoms with Crippen LogP contribution < -0.4 is 0 Å². The Labute approximate surface area is 109 Å². The Morgan fingerprint density at radius 1 is 0.667 bits per heavy atom. The van der Waals surface area contributed by atoms with Crippen molar-refractivity contribution in [2.24, 2.45) is 11.8 Å². The van der Waals surface area contributed by atoms with E-state index in [2.05, 4.69) is 13.8 Å². The van der Waals surface area contributed by atoms with Crippen molar-refractivity contribution in [2.45, 2.75) is 78.1 Å². The van der Waals surface area contributed by atoms with Crippen LogP contribution in [0, 0.1) is 11.8 Å². The molecule has 2 rings (SSSR count). The topological polar surface area (TPSA) is 0 Å². The standard InChI is InChI=1S/2C7H14.Ru/c2*1-2-7-5-3-4-6-7;/h2*7H,2-6H2,1H3;. The first-order chi connectivity index (χ1) is 6.86. The van der Waals surface area contributed by atoms with Crippen molar-refractivity contribution in [3.05, 3.63) is 0 Å². The van der Waals surface area contributed by atoms with Gasteiger partial charge in [-0.15, -0.1) is 0 Å². The van der Waals surface area contributed by atoms with E-state index in [9.17, 15) is 0 Å². The zero-order valence-electron chi connectivity index (χ0n) is 10.6. The fourth-order valence-electron chi connectivity index (χ4n) is 2.84. The maximum absolute atomic E-state index is 2.30. The maximum Gasteiger partial charge on any atom is 0 e. The van der Waals surface area contributed by atoms with E-state index in [1.54, 1.807) is 0 Å². The SMILES string of the molecule is CCC1CCCC1.CCC1CCCC1.[Ru]. The molecular weight excluding hydrogens is 269 g/mol. The van der Waals surface area contributed by atoms with Crippen LogP contribution in [0.15, 0.2) is 0 Å². The van der Waals surface area contributed by atoms with Gasteiger partial charge in [0.25, 0.3) is 0 Å². The first-order valence-electron chi connectivity index (χ1n) is 6.86. The Bertz CT molecular complexity index is 105. The molecule has 0 aromatic heterocycles. The Balaban J connectivity index is 0.000000245. The van der Waals surface area contributed by atoms with Gasteiger partial charge in [-0.05, 0) is 11.8 Å². The van der Waals surface area contributed by atoms with Crippen molar-refractivity contribution in [3.63, 3.8) is 0 Å². The second kappa shape index (κ2) is 9.82. The maximum atomic E-state index is 2.30. The normalized spacial score (nSPS) is 22.0. The van der Waals surface area contributed by atoms with Gasteiger partial charge in [0, 0.05) is 19.5 Å². The molecule has 1 heteroatoms. The van der Waals surface area contributed by atoms with Gasteiger partial charge in [0.1, 0.15) is 0 Å². The molecular formula is C14H28Ru. The summed E-state index contributed by atoms with van der Waals surface area (Å²) in [5, 5.41) is 0. The minimum Gasteiger partial charge on any atom is -0.0651 e. The predicted molar refractivity (Wildman–Crippen MR) is 64.5 cm³/mol. The van der Waals surface area contributed by atoms with E-state index in [0.717, 1.165) is 11.8 Å². The van der Waals surface area contributed by atoms with Crippen LogP contribution in [0.5, 0.6) is 0 Å². The molecule has 92 valence electrons. The molecule has 0 aliphatic heterocycles. The van der Waals surface area contributed by atoms with Gasteiger partial charge in [0.15, 0.2) is 0 Å². The van der Waals surface area contributed by atoms with Crippen LogP contribution >= 0.6 is 0 Å². The number of hydrogen-bond donors (Lipinski definition) is 0. The monoisotopic (exact) mass is 298 g/mol. The number of hydrogen-bond acceptors (Lipinski definition) is 0. The summed E-state index contributed by atoms with van der Waals surface area (Å²) in [4.78, 5) is 0. The molecule has 0 heterocycles. The van der Waals surface area contributed by atoms with Gasteiger partial charge < -0.3 is 0 Å². The molecule has 2 fully saturated rings. The van der Waals surface area contributed by atoms with Gasteiger partial charge >= 0.3 is 0 Å². The van der Waals surface area contributed by atoms with Crippen molar-refractivity contribution < 1.29 is 19.5 Å². The Morgan fingerprint density at radius 3 is 1.07 bits per heavy atom. The summed E-state index contributed by atoms with van der Waals surface area (Å²) < 4.78 is 0. The second-order valence-corrected chi connectivity index (χ2v) is 5.12.